The van der Waals surface area contributed by atoms with Gasteiger partial charge in [0.05, 0.1) is 17.1 Å². The Kier molecular flexibility index (Phi) is 7.19. The van der Waals surface area contributed by atoms with E-state index in [0.717, 1.165) is 11.1 Å². The van der Waals surface area contributed by atoms with Gasteiger partial charge in [0.2, 0.25) is 0 Å². The SMILES string of the molecule is Cc1ccc(S(=O)(=O)CCC(=O)OCC(=O)Nc2ccc(C(C)(C)C)cc2)cc1. The van der Waals surface area contributed by atoms with E-state index in [4.69, 9.17) is 4.74 Å². The largest absolute Gasteiger partial charge is 0.456 e. The molecule has 156 valence electrons. The Labute approximate surface area is 172 Å². The molecule has 0 saturated heterocycles. The van der Waals surface area contributed by atoms with Crippen LogP contribution in [0.3, 0.4) is 0 Å². The predicted octanol–water partition coefficient (Wildman–Crippen LogP) is 3.64. The van der Waals surface area contributed by atoms with Gasteiger partial charge in [-0.15, -0.1) is 0 Å². The Bertz CT molecular complexity index is 956. The maximum atomic E-state index is 12.2. The molecule has 2 aromatic carbocycles. The van der Waals surface area contributed by atoms with Crippen LogP contribution < -0.4 is 5.32 Å². The number of aryl methyl sites for hydroxylation is 1. The van der Waals surface area contributed by atoms with E-state index in [1.165, 1.54) is 12.1 Å². The minimum atomic E-state index is -3.58. The summed E-state index contributed by atoms with van der Waals surface area (Å²) in [5.74, 6) is -1.59. The molecule has 1 amide bonds. The molecule has 0 heterocycles. The van der Waals surface area contributed by atoms with Crippen LogP contribution >= 0.6 is 0 Å². The lowest BCUT2D eigenvalue weighted by atomic mass is 9.87. The van der Waals surface area contributed by atoms with Gasteiger partial charge in [-0.05, 0) is 42.2 Å². The van der Waals surface area contributed by atoms with Crippen molar-refractivity contribution in [3.8, 4) is 0 Å². The Balaban J connectivity index is 1.80. The summed E-state index contributed by atoms with van der Waals surface area (Å²) >= 11 is 0. The second-order valence-electron chi connectivity index (χ2n) is 7.92. The number of nitrogens with one attached hydrogen (secondary N) is 1. The van der Waals surface area contributed by atoms with Gasteiger partial charge in [0.15, 0.2) is 16.4 Å². The molecule has 0 aliphatic carbocycles. The van der Waals surface area contributed by atoms with Crippen LogP contribution in [0, 0.1) is 6.92 Å². The van der Waals surface area contributed by atoms with Crippen molar-refractivity contribution in [1.29, 1.82) is 0 Å². The number of ether oxygens (including phenoxy) is 1. The smallest absolute Gasteiger partial charge is 0.307 e. The highest BCUT2D eigenvalue weighted by atomic mass is 32.2. The molecule has 0 saturated carbocycles. The number of benzene rings is 2. The van der Waals surface area contributed by atoms with Gasteiger partial charge in [-0.2, -0.15) is 0 Å². The highest BCUT2D eigenvalue weighted by molar-refractivity contribution is 7.91. The third-order valence-corrected chi connectivity index (χ3v) is 6.09. The minimum Gasteiger partial charge on any atom is -0.456 e. The van der Waals surface area contributed by atoms with Crippen molar-refractivity contribution in [1.82, 2.24) is 0 Å². The van der Waals surface area contributed by atoms with Gasteiger partial charge in [-0.25, -0.2) is 8.42 Å². The van der Waals surface area contributed by atoms with Crippen LogP contribution in [0.1, 0.15) is 38.3 Å². The minimum absolute atomic E-state index is 0.0109. The molecule has 0 radical (unpaired) electrons. The molecular formula is C22H27NO5S. The highest BCUT2D eigenvalue weighted by Gasteiger charge is 2.18. The summed E-state index contributed by atoms with van der Waals surface area (Å²) in [4.78, 5) is 23.9. The van der Waals surface area contributed by atoms with E-state index in [9.17, 15) is 18.0 Å². The molecule has 2 aromatic rings. The van der Waals surface area contributed by atoms with Crippen molar-refractivity contribution in [2.45, 2.75) is 44.4 Å². The summed E-state index contributed by atoms with van der Waals surface area (Å²) in [6.45, 7) is 7.68. The molecule has 0 aliphatic rings. The zero-order chi connectivity index (χ0) is 21.7. The van der Waals surface area contributed by atoms with Gasteiger partial charge in [0.1, 0.15) is 0 Å². The molecule has 6 nitrogen and oxygen atoms in total. The zero-order valence-corrected chi connectivity index (χ0v) is 18.0. The van der Waals surface area contributed by atoms with E-state index in [-0.39, 0.29) is 22.5 Å². The van der Waals surface area contributed by atoms with E-state index in [2.05, 4.69) is 26.1 Å². The Morgan fingerprint density at radius 2 is 1.55 bits per heavy atom. The Hall–Kier alpha value is -2.67. The van der Waals surface area contributed by atoms with Crippen LogP contribution in [0.2, 0.25) is 0 Å². The average Bonchev–Trinajstić information content (AvgIpc) is 2.65. The summed E-state index contributed by atoms with van der Waals surface area (Å²) in [6.07, 6.45) is -0.316. The van der Waals surface area contributed by atoms with Gasteiger partial charge in [0.25, 0.3) is 5.91 Å². The standard InChI is InChI=1S/C22H27NO5S/c1-16-5-11-19(12-6-16)29(26,27)14-13-21(25)28-15-20(24)23-18-9-7-17(8-10-18)22(2,3)4/h5-12H,13-15H2,1-4H3,(H,23,24). The summed E-state index contributed by atoms with van der Waals surface area (Å²) in [6, 6.07) is 13.8. The number of esters is 1. The predicted molar refractivity (Wildman–Crippen MR) is 113 cm³/mol. The fourth-order valence-corrected chi connectivity index (χ4v) is 3.77. The van der Waals surface area contributed by atoms with E-state index in [1.807, 2.05) is 19.1 Å². The summed E-state index contributed by atoms with van der Waals surface area (Å²) in [5.41, 5.74) is 2.69. The molecule has 0 unspecified atom stereocenters. The van der Waals surface area contributed by atoms with Crippen molar-refractivity contribution >= 4 is 27.4 Å². The first-order chi connectivity index (χ1) is 13.5. The molecule has 0 aromatic heterocycles. The summed E-state index contributed by atoms with van der Waals surface area (Å²) < 4.78 is 29.4. The first kappa shape index (κ1) is 22.6. The number of hydrogen-bond acceptors (Lipinski definition) is 5. The second kappa shape index (κ2) is 9.22. The lowest BCUT2D eigenvalue weighted by molar-refractivity contribution is -0.146. The second-order valence-corrected chi connectivity index (χ2v) is 10.0. The van der Waals surface area contributed by atoms with Crippen LogP contribution in [-0.4, -0.2) is 32.7 Å². The molecule has 0 aliphatic heterocycles. The van der Waals surface area contributed by atoms with Gasteiger partial charge in [-0.3, -0.25) is 9.59 Å². The molecule has 0 bridgehead atoms. The Morgan fingerprint density at radius 1 is 0.966 bits per heavy atom. The van der Waals surface area contributed by atoms with E-state index in [0.29, 0.717) is 5.69 Å². The average molecular weight is 418 g/mol. The third kappa shape index (κ3) is 7.02. The molecule has 2 rings (SSSR count). The number of amides is 1. The summed E-state index contributed by atoms with van der Waals surface area (Å²) in [5, 5.41) is 2.65. The fourth-order valence-electron chi connectivity index (χ4n) is 2.55. The lowest BCUT2D eigenvalue weighted by Gasteiger charge is -2.19. The number of carbonyl (C=O) groups excluding carboxylic acids is 2. The topological polar surface area (TPSA) is 89.5 Å². The van der Waals surface area contributed by atoms with Crippen LogP contribution in [0.4, 0.5) is 5.69 Å². The van der Waals surface area contributed by atoms with Gasteiger partial charge in [0, 0.05) is 5.69 Å². The third-order valence-electron chi connectivity index (χ3n) is 4.35. The van der Waals surface area contributed by atoms with Crippen LogP contribution in [0.5, 0.6) is 0 Å². The van der Waals surface area contributed by atoms with Crippen LogP contribution in [-0.2, 0) is 29.6 Å². The molecule has 1 N–H and O–H groups in total. The van der Waals surface area contributed by atoms with Crippen molar-refractivity contribution in [2.75, 3.05) is 17.7 Å². The molecule has 29 heavy (non-hydrogen) atoms. The van der Waals surface area contributed by atoms with Crippen molar-refractivity contribution in [3.63, 3.8) is 0 Å². The first-order valence-corrected chi connectivity index (χ1v) is 11.0. The van der Waals surface area contributed by atoms with E-state index >= 15 is 0 Å². The highest BCUT2D eigenvalue weighted by Crippen LogP contribution is 2.23. The van der Waals surface area contributed by atoms with Gasteiger partial charge in [-0.1, -0.05) is 50.6 Å². The number of hydrogen-bond donors (Lipinski definition) is 1. The molecule has 0 spiro atoms. The Morgan fingerprint density at radius 3 is 2.10 bits per heavy atom. The van der Waals surface area contributed by atoms with Crippen molar-refractivity contribution < 1.29 is 22.7 Å². The van der Waals surface area contributed by atoms with Crippen molar-refractivity contribution in [2.24, 2.45) is 0 Å². The van der Waals surface area contributed by atoms with Crippen LogP contribution in [0.15, 0.2) is 53.4 Å². The maximum absolute atomic E-state index is 12.2. The molecule has 0 fully saturated rings. The lowest BCUT2D eigenvalue weighted by Crippen LogP contribution is -2.22. The van der Waals surface area contributed by atoms with E-state index in [1.54, 1.807) is 24.3 Å². The fraction of sp³-hybridized carbons (Fsp3) is 0.364. The normalized spacial score (nSPS) is 11.7. The summed E-state index contributed by atoms with van der Waals surface area (Å²) in [7, 11) is -3.58. The van der Waals surface area contributed by atoms with E-state index < -0.39 is 28.3 Å². The molecular weight excluding hydrogens is 390 g/mol. The quantitative estimate of drug-likeness (QED) is 0.695. The molecule has 0 atom stereocenters. The van der Waals surface area contributed by atoms with Gasteiger partial charge >= 0.3 is 5.97 Å². The number of anilines is 1. The van der Waals surface area contributed by atoms with Gasteiger partial charge < -0.3 is 10.1 Å². The number of rotatable bonds is 7. The number of sulfone groups is 1. The number of carbonyl (C=O) groups is 2. The first-order valence-electron chi connectivity index (χ1n) is 9.33. The monoisotopic (exact) mass is 417 g/mol. The van der Waals surface area contributed by atoms with Crippen molar-refractivity contribution in [3.05, 3.63) is 59.7 Å². The van der Waals surface area contributed by atoms with Crippen LogP contribution in [0.25, 0.3) is 0 Å². The maximum Gasteiger partial charge on any atom is 0.307 e. The zero-order valence-electron chi connectivity index (χ0n) is 17.2. The molecule has 7 heteroatoms.